The van der Waals surface area contributed by atoms with E-state index in [0.717, 1.165) is 14.2 Å². The molecule has 0 amide bonds. The van der Waals surface area contributed by atoms with Crippen molar-refractivity contribution in [3.8, 4) is 51.7 Å². The quantitative estimate of drug-likeness (QED) is 0.0755. The summed E-state index contributed by atoms with van der Waals surface area (Å²) in [6, 6.07) is 0. The van der Waals surface area contributed by atoms with Gasteiger partial charge in [-0.2, -0.15) is 0 Å². The molecule has 2 aromatic carbocycles. The fourth-order valence-electron chi connectivity index (χ4n) is 6.13. The lowest BCUT2D eigenvalue weighted by atomic mass is 9.65. The number of likely N-dealkylation sites (tertiary alicyclic amines) is 1. The number of aromatic hydroxyl groups is 7. The Morgan fingerprint density at radius 2 is 0.979 bits per heavy atom. The fraction of sp³-hybridized carbons (Fsp3) is 0.500. The number of phenols is 7. The molecule has 24 heteroatoms. The number of aliphatic hydroxyl groups excluding tert-OH is 1. The predicted molar refractivity (Wildman–Crippen MR) is 139 cm³/mol. The molecule has 0 radical (unpaired) electrons. The van der Waals surface area contributed by atoms with E-state index in [4.69, 9.17) is 9.47 Å². The van der Waals surface area contributed by atoms with Gasteiger partial charge in [0.2, 0.25) is 40.1 Å². The van der Waals surface area contributed by atoms with Crippen LogP contribution >= 0.6 is 0 Å². The van der Waals surface area contributed by atoms with Crippen molar-refractivity contribution >= 4 is 0 Å². The number of ether oxygens (including phenoxy) is 2. The maximum atomic E-state index is 11.4. The molecule has 1 fully saturated rings. The van der Waals surface area contributed by atoms with Crippen molar-refractivity contribution in [2.75, 3.05) is 14.2 Å². The van der Waals surface area contributed by atoms with Crippen LogP contribution in [0.25, 0.3) is 0 Å². The zero-order valence-electron chi connectivity index (χ0n) is 24.0. The third kappa shape index (κ3) is 3.88. The summed E-state index contributed by atoms with van der Waals surface area (Å²) >= 11 is 0. The first-order valence-corrected chi connectivity index (χ1v) is 12.8. The molecule has 2 aliphatic rings. The molecule has 2 atom stereocenters. The average molecular weight is 701 g/mol. The molecule has 24 nitrogen and oxygen atoms in total. The van der Waals surface area contributed by atoms with Crippen LogP contribution in [0, 0.1) is 5.92 Å². The highest BCUT2D eigenvalue weighted by Crippen LogP contribution is 2.64. The number of benzene rings is 2. The molecule has 0 aromatic heterocycles. The summed E-state index contributed by atoms with van der Waals surface area (Å²) in [5.74, 6) is -48.8. The van der Waals surface area contributed by atoms with Gasteiger partial charge in [0.25, 0.3) is 29.3 Å². The molecule has 0 spiro atoms. The molecule has 1 saturated heterocycles. The minimum atomic E-state index is -5.63. The third-order valence-electron chi connectivity index (χ3n) is 8.65. The van der Waals surface area contributed by atoms with Gasteiger partial charge in [0.05, 0.1) is 26.2 Å². The molecule has 1 heterocycles. The minimum Gasteiger partial charge on any atom is -0.504 e. The van der Waals surface area contributed by atoms with E-state index < -0.39 is 132 Å². The van der Waals surface area contributed by atoms with Crippen molar-refractivity contribution in [3.05, 3.63) is 16.7 Å². The van der Waals surface area contributed by atoms with E-state index in [9.17, 15) is 107 Å². The van der Waals surface area contributed by atoms with Crippen LogP contribution in [0.4, 0.5) is 0 Å². The largest absolute Gasteiger partial charge is 0.504 e. The van der Waals surface area contributed by atoms with Gasteiger partial charge >= 0.3 is 0 Å². The lowest BCUT2D eigenvalue weighted by Crippen LogP contribution is -2.99. The van der Waals surface area contributed by atoms with Gasteiger partial charge in [-0.1, -0.05) is 0 Å². The standard InChI is InChI=1S/C24H31NO23/c1-47-16-8(26)4-3-5(9(27)6(4)10(28)17(16)48-2)18(34,35)20(38)21(39,40)23(43,44)25(24(45,46)22(20,41)42)19(36,37)7-11(29)13(31)15(33)14(32)12(7)30/h5,9,26-46H,3H2,1-2H3. The summed E-state index contributed by atoms with van der Waals surface area (Å²) in [6.45, 7) is 0. The molecule has 2 unspecified atom stereocenters. The van der Waals surface area contributed by atoms with Gasteiger partial charge in [0.1, 0.15) is 5.56 Å². The maximum Gasteiger partial charge on any atom is 0.294 e. The van der Waals surface area contributed by atoms with Crippen LogP contribution in [-0.2, 0) is 12.3 Å². The predicted octanol–water partition coefficient (Wildman–Crippen LogP) is -7.99. The molecule has 4 rings (SSSR count). The monoisotopic (exact) mass is 701 g/mol. The number of piperidine rings is 1. The number of hydrogen-bond donors (Lipinski definition) is 21. The zero-order chi connectivity index (χ0) is 37.3. The molecule has 0 bridgehead atoms. The lowest BCUT2D eigenvalue weighted by molar-refractivity contribution is -0.647. The number of fused-ring (bicyclic) bond motifs is 1. The Balaban J connectivity index is 1.99. The highest BCUT2D eigenvalue weighted by molar-refractivity contribution is 5.69. The van der Waals surface area contributed by atoms with E-state index in [2.05, 4.69) is 0 Å². The Kier molecular flexibility index (Phi) is 7.89. The maximum absolute atomic E-state index is 11.4. The number of nitrogens with zero attached hydrogens (tertiary/aromatic N) is 1. The summed E-state index contributed by atoms with van der Waals surface area (Å²) in [5, 5.41) is 224. The highest BCUT2D eigenvalue weighted by atomic mass is 16.7. The molecule has 2 aromatic rings. The van der Waals surface area contributed by atoms with Crippen LogP contribution in [0.2, 0.25) is 0 Å². The third-order valence-corrected chi connectivity index (χ3v) is 8.65. The van der Waals surface area contributed by atoms with E-state index in [1.807, 2.05) is 0 Å². The first kappa shape index (κ1) is 36.9. The van der Waals surface area contributed by atoms with Crippen LogP contribution < -0.4 is 9.47 Å². The van der Waals surface area contributed by atoms with Gasteiger partial charge in [-0.15, -0.1) is 4.90 Å². The number of rotatable bonds is 6. The Morgan fingerprint density at radius 1 is 0.604 bits per heavy atom. The Labute approximate surface area is 264 Å². The van der Waals surface area contributed by atoms with Crippen LogP contribution in [0.15, 0.2) is 0 Å². The second-order valence-electron chi connectivity index (χ2n) is 11.1. The second kappa shape index (κ2) is 10.3. The summed E-state index contributed by atoms with van der Waals surface area (Å²) < 4.78 is 9.76. The molecule has 0 saturated carbocycles. The zero-order valence-corrected chi connectivity index (χ0v) is 24.0. The van der Waals surface area contributed by atoms with Crippen LogP contribution in [0.3, 0.4) is 0 Å². The van der Waals surface area contributed by atoms with Crippen molar-refractivity contribution in [1.29, 1.82) is 0 Å². The Morgan fingerprint density at radius 3 is 1.38 bits per heavy atom. The summed E-state index contributed by atoms with van der Waals surface area (Å²) in [4.78, 5) is -1.85. The van der Waals surface area contributed by atoms with Crippen molar-refractivity contribution in [3.63, 3.8) is 0 Å². The minimum absolute atomic E-state index is 0.637. The second-order valence-corrected chi connectivity index (χ2v) is 11.1. The van der Waals surface area contributed by atoms with Gasteiger partial charge < -0.3 is 117 Å². The summed E-state index contributed by atoms with van der Waals surface area (Å²) in [6.07, 6.45) is -3.95. The first-order chi connectivity index (χ1) is 21.5. The highest BCUT2D eigenvalue weighted by Gasteiger charge is 2.92. The summed E-state index contributed by atoms with van der Waals surface area (Å²) in [5.41, 5.74) is -9.40. The fourth-order valence-corrected chi connectivity index (χ4v) is 6.13. The van der Waals surface area contributed by atoms with Gasteiger partial charge in [-0.05, 0) is 6.42 Å². The van der Waals surface area contributed by atoms with Crippen molar-refractivity contribution < 1.29 is 117 Å². The van der Waals surface area contributed by atoms with Crippen LogP contribution in [0.5, 0.6) is 51.7 Å². The lowest BCUT2D eigenvalue weighted by Gasteiger charge is -2.66. The van der Waals surface area contributed by atoms with E-state index in [0.29, 0.717) is 0 Å². The van der Waals surface area contributed by atoms with E-state index in [-0.39, 0.29) is 0 Å². The van der Waals surface area contributed by atoms with Crippen molar-refractivity contribution in [1.82, 2.24) is 4.90 Å². The first-order valence-electron chi connectivity index (χ1n) is 12.8. The number of phenolic OH excluding ortho intramolecular Hbond substituents is 7. The molecule has 270 valence electrons. The van der Waals surface area contributed by atoms with E-state index in [1.165, 1.54) is 0 Å². The van der Waals surface area contributed by atoms with Crippen molar-refractivity contribution in [2.24, 2.45) is 5.92 Å². The number of aliphatic hydroxyl groups is 14. The smallest absolute Gasteiger partial charge is 0.294 e. The molecule has 1 aliphatic heterocycles. The number of methoxy groups -OCH3 is 2. The number of hydrogen-bond acceptors (Lipinski definition) is 24. The topological polar surface area (TPSA) is 447 Å². The van der Waals surface area contributed by atoms with Gasteiger partial charge in [0.15, 0.2) is 23.0 Å². The SMILES string of the molecule is COc1c(O)c2c(c(O)c1OC)C(O)C(C(O)(O)C1(O)C(O)(O)C(O)(O)N(C(O)(O)c3c(O)c(O)c(O)c(O)c3O)C(O)(O)C1(O)O)C2. The molecule has 48 heavy (non-hydrogen) atoms. The van der Waals surface area contributed by atoms with E-state index in [1.54, 1.807) is 0 Å². The Bertz CT molecular complexity index is 1610. The Hall–Kier alpha value is -3.96. The van der Waals surface area contributed by atoms with Gasteiger partial charge in [-0.3, -0.25) is 0 Å². The van der Waals surface area contributed by atoms with Crippen molar-refractivity contribution in [2.45, 2.75) is 53.2 Å². The van der Waals surface area contributed by atoms with Gasteiger partial charge in [-0.25, -0.2) is 0 Å². The normalized spacial score (nSPS) is 24.2. The van der Waals surface area contributed by atoms with Crippen LogP contribution in [0.1, 0.15) is 22.8 Å². The molecular weight excluding hydrogens is 670 g/mol. The molecular formula is C24H31NO23. The van der Waals surface area contributed by atoms with Gasteiger partial charge in [0, 0.05) is 11.1 Å². The summed E-state index contributed by atoms with van der Waals surface area (Å²) in [7, 11) is 1.89. The average Bonchev–Trinajstić information content (AvgIpc) is 3.32. The van der Waals surface area contributed by atoms with Crippen LogP contribution in [-0.4, -0.2) is 161 Å². The molecule has 21 N–H and O–H groups in total. The molecule has 1 aliphatic carbocycles. The van der Waals surface area contributed by atoms with E-state index >= 15 is 0 Å².